The number of ketones is 1. The van der Waals surface area contributed by atoms with Gasteiger partial charge in [-0.05, 0) is 42.9 Å². The van der Waals surface area contributed by atoms with Gasteiger partial charge in [0.25, 0.3) is 17.4 Å². The Labute approximate surface area is 192 Å². The van der Waals surface area contributed by atoms with Crippen LogP contribution in [0.2, 0.25) is 0 Å². The number of amides is 1. The van der Waals surface area contributed by atoms with Crippen LogP contribution in [0, 0.1) is 10.1 Å². The van der Waals surface area contributed by atoms with Crippen molar-refractivity contribution in [3.8, 4) is 5.75 Å². The third-order valence-corrected chi connectivity index (χ3v) is 5.85. The Morgan fingerprint density at radius 3 is 2.39 bits per heavy atom. The summed E-state index contributed by atoms with van der Waals surface area (Å²) < 4.78 is 5.31. The van der Waals surface area contributed by atoms with E-state index in [1.165, 1.54) is 36.3 Å². The predicted octanol–water partition coefficient (Wildman–Crippen LogP) is 3.37. The van der Waals surface area contributed by atoms with E-state index in [9.17, 15) is 24.8 Å². The van der Waals surface area contributed by atoms with E-state index >= 15 is 0 Å². The van der Waals surface area contributed by atoms with Gasteiger partial charge in [0, 0.05) is 30.8 Å². The molecule has 2 aromatic carbocycles. The summed E-state index contributed by atoms with van der Waals surface area (Å²) in [6, 6.07) is 11.4. The molecule has 1 atom stereocenters. The standard InChI is InChI=1S/C24H27N3O6/c1-4-25(5-2)13-14-26-21(17-7-6-8-19(15-17)33-3)20(23(29)24(26)30)22(28)16-9-11-18(12-10-16)27(31)32/h6-12,15,21,28H,4-5,13-14H2,1-3H3/b22-20-. The number of likely N-dealkylation sites (N-methyl/N-ethyl adjacent to an activating group) is 1. The minimum absolute atomic E-state index is 0.0540. The first-order valence-electron chi connectivity index (χ1n) is 10.7. The van der Waals surface area contributed by atoms with Gasteiger partial charge in [-0.3, -0.25) is 19.7 Å². The highest BCUT2D eigenvalue weighted by Gasteiger charge is 2.46. The number of rotatable bonds is 9. The van der Waals surface area contributed by atoms with E-state index in [1.807, 2.05) is 13.8 Å². The minimum Gasteiger partial charge on any atom is -0.507 e. The highest BCUT2D eigenvalue weighted by molar-refractivity contribution is 6.46. The molecule has 1 heterocycles. The van der Waals surface area contributed by atoms with Crippen molar-refractivity contribution >= 4 is 23.1 Å². The van der Waals surface area contributed by atoms with E-state index in [4.69, 9.17) is 4.74 Å². The number of non-ortho nitro benzene ring substituents is 1. The number of nitro benzene ring substituents is 1. The molecule has 0 bridgehead atoms. The summed E-state index contributed by atoms with van der Waals surface area (Å²) in [4.78, 5) is 40.1. The molecular weight excluding hydrogens is 426 g/mol. The van der Waals surface area contributed by atoms with Crippen molar-refractivity contribution in [1.29, 1.82) is 0 Å². The first kappa shape index (κ1) is 23.9. The van der Waals surface area contributed by atoms with Crippen molar-refractivity contribution in [3.05, 3.63) is 75.3 Å². The highest BCUT2D eigenvalue weighted by Crippen LogP contribution is 2.40. The summed E-state index contributed by atoms with van der Waals surface area (Å²) in [5.41, 5.74) is 0.643. The number of Topliss-reactive ketones (excluding diaryl/α,β-unsaturated/α-hetero) is 1. The van der Waals surface area contributed by atoms with Gasteiger partial charge in [-0.25, -0.2) is 0 Å². The van der Waals surface area contributed by atoms with Crippen LogP contribution in [0.3, 0.4) is 0 Å². The number of carbonyl (C=O) groups is 2. The Balaban J connectivity index is 2.11. The van der Waals surface area contributed by atoms with E-state index in [0.717, 1.165) is 13.1 Å². The maximum absolute atomic E-state index is 13.1. The number of carbonyl (C=O) groups excluding carboxylic acids is 2. The van der Waals surface area contributed by atoms with Crippen molar-refractivity contribution < 1.29 is 24.4 Å². The molecule has 0 aromatic heterocycles. The molecule has 3 rings (SSSR count). The van der Waals surface area contributed by atoms with Crippen molar-refractivity contribution in [1.82, 2.24) is 9.80 Å². The smallest absolute Gasteiger partial charge is 0.295 e. The fourth-order valence-corrected chi connectivity index (χ4v) is 3.95. The molecule has 1 aliphatic heterocycles. The monoisotopic (exact) mass is 453 g/mol. The lowest BCUT2D eigenvalue weighted by molar-refractivity contribution is -0.384. The first-order valence-corrected chi connectivity index (χ1v) is 10.7. The van der Waals surface area contributed by atoms with Crippen molar-refractivity contribution in [2.24, 2.45) is 0 Å². The maximum atomic E-state index is 13.1. The summed E-state index contributed by atoms with van der Waals surface area (Å²) in [6.07, 6.45) is 0. The number of likely N-dealkylation sites (tertiary alicyclic amines) is 1. The van der Waals surface area contributed by atoms with Crippen molar-refractivity contribution in [2.45, 2.75) is 19.9 Å². The maximum Gasteiger partial charge on any atom is 0.295 e. The first-order chi connectivity index (χ1) is 15.8. The summed E-state index contributed by atoms with van der Waals surface area (Å²) in [6.45, 7) is 6.50. The van der Waals surface area contributed by atoms with Gasteiger partial charge < -0.3 is 19.6 Å². The van der Waals surface area contributed by atoms with Gasteiger partial charge in [-0.15, -0.1) is 0 Å². The zero-order valence-corrected chi connectivity index (χ0v) is 18.9. The Kier molecular flexibility index (Phi) is 7.44. The molecule has 0 saturated carbocycles. The molecule has 2 aromatic rings. The van der Waals surface area contributed by atoms with E-state index in [0.29, 0.717) is 24.4 Å². The number of hydrogen-bond acceptors (Lipinski definition) is 7. The fraction of sp³-hybridized carbons (Fsp3) is 0.333. The lowest BCUT2D eigenvalue weighted by Gasteiger charge is -2.28. The van der Waals surface area contributed by atoms with Crippen LogP contribution in [-0.4, -0.2) is 64.8 Å². The van der Waals surface area contributed by atoms with E-state index in [2.05, 4.69) is 4.90 Å². The van der Waals surface area contributed by atoms with Crippen LogP contribution in [0.4, 0.5) is 5.69 Å². The molecule has 1 N–H and O–H groups in total. The summed E-state index contributed by atoms with van der Waals surface area (Å²) >= 11 is 0. The Morgan fingerprint density at radius 2 is 1.82 bits per heavy atom. The predicted molar refractivity (Wildman–Crippen MR) is 123 cm³/mol. The van der Waals surface area contributed by atoms with Crippen LogP contribution < -0.4 is 4.74 Å². The fourth-order valence-electron chi connectivity index (χ4n) is 3.95. The number of hydrogen-bond donors (Lipinski definition) is 1. The average molecular weight is 453 g/mol. The number of benzene rings is 2. The molecule has 1 saturated heterocycles. The summed E-state index contributed by atoms with van der Waals surface area (Å²) in [5, 5.41) is 22.0. The minimum atomic E-state index is -0.814. The average Bonchev–Trinajstić information content (AvgIpc) is 3.09. The van der Waals surface area contributed by atoms with Crippen LogP contribution in [0.1, 0.15) is 31.0 Å². The normalized spacial score (nSPS) is 17.6. The number of nitro groups is 1. The molecular formula is C24H27N3O6. The van der Waals surface area contributed by atoms with Crippen LogP contribution in [0.25, 0.3) is 5.76 Å². The lowest BCUT2D eigenvalue weighted by Crippen LogP contribution is -2.38. The van der Waals surface area contributed by atoms with Crippen molar-refractivity contribution in [3.63, 3.8) is 0 Å². The molecule has 0 radical (unpaired) electrons. The van der Waals surface area contributed by atoms with Gasteiger partial charge in [-0.2, -0.15) is 0 Å². The molecule has 1 aliphatic rings. The van der Waals surface area contributed by atoms with Gasteiger partial charge in [0.15, 0.2) is 0 Å². The van der Waals surface area contributed by atoms with E-state index in [-0.39, 0.29) is 22.6 Å². The molecule has 174 valence electrons. The van der Waals surface area contributed by atoms with Crippen LogP contribution in [0.5, 0.6) is 5.75 Å². The topological polar surface area (TPSA) is 113 Å². The second kappa shape index (κ2) is 10.3. The van der Waals surface area contributed by atoms with Crippen molar-refractivity contribution in [2.75, 3.05) is 33.3 Å². The number of methoxy groups -OCH3 is 1. The molecule has 0 spiro atoms. The van der Waals surface area contributed by atoms with Crippen LogP contribution in [0.15, 0.2) is 54.1 Å². The van der Waals surface area contributed by atoms with E-state index < -0.39 is 22.7 Å². The molecule has 9 nitrogen and oxygen atoms in total. The van der Waals surface area contributed by atoms with Gasteiger partial charge in [0.1, 0.15) is 11.5 Å². The summed E-state index contributed by atoms with van der Waals surface area (Å²) in [5.74, 6) is -1.31. The quantitative estimate of drug-likeness (QED) is 0.204. The molecule has 1 unspecified atom stereocenters. The highest BCUT2D eigenvalue weighted by atomic mass is 16.6. The second-order valence-corrected chi connectivity index (χ2v) is 7.60. The Morgan fingerprint density at radius 1 is 1.15 bits per heavy atom. The molecule has 9 heteroatoms. The van der Waals surface area contributed by atoms with Gasteiger partial charge in [-0.1, -0.05) is 26.0 Å². The summed E-state index contributed by atoms with van der Waals surface area (Å²) in [7, 11) is 1.52. The Bertz CT molecular complexity index is 1080. The van der Waals surface area contributed by atoms with Crippen LogP contribution in [-0.2, 0) is 9.59 Å². The van der Waals surface area contributed by atoms with Gasteiger partial charge in [0.2, 0.25) is 0 Å². The molecule has 1 fully saturated rings. The number of aliphatic hydroxyl groups is 1. The number of ether oxygens (including phenoxy) is 1. The van der Waals surface area contributed by atoms with E-state index in [1.54, 1.807) is 24.3 Å². The van der Waals surface area contributed by atoms with Crippen LogP contribution >= 0.6 is 0 Å². The zero-order valence-electron chi connectivity index (χ0n) is 18.9. The van der Waals surface area contributed by atoms with Gasteiger partial charge in [0.05, 0.1) is 23.6 Å². The van der Waals surface area contributed by atoms with Gasteiger partial charge >= 0.3 is 0 Å². The number of aliphatic hydroxyl groups excluding tert-OH is 1. The largest absolute Gasteiger partial charge is 0.507 e. The SMILES string of the molecule is CCN(CC)CCN1C(=O)C(=O)/C(=C(\O)c2ccc([N+](=O)[O-])cc2)C1c1cccc(OC)c1. The molecule has 1 amide bonds. The molecule has 33 heavy (non-hydrogen) atoms. The number of nitrogens with zero attached hydrogens (tertiary/aromatic N) is 3. The molecule has 0 aliphatic carbocycles. The Hall–Kier alpha value is -3.72. The third-order valence-electron chi connectivity index (χ3n) is 5.85. The zero-order chi connectivity index (χ0) is 24.1. The third kappa shape index (κ3) is 4.88. The lowest BCUT2D eigenvalue weighted by atomic mass is 9.95. The second-order valence-electron chi connectivity index (χ2n) is 7.60.